The molecule has 0 spiro atoms. The van der Waals surface area contributed by atoms with E-state index in [1.165, 1.54) is 0 Å². The maximum atomic E-state index is 12.4. The van der Waals surface area contributed by atoms with Crippen molar-refractivity contribution in [2.75, 3.05) is 6.54 Å². The van der Waals surface area contributed by atoms with Crippen molar-refractivity contribution in [3.05, 3.63) is 41.5 Å². The number of ether oxygens (including phenoxy) is 1. The third-order valence-corrected chi connectivity index (χ3v) is 3.50. The third-order valence-electron chi connectivity index (χ3n) is 3.50. The summed E-state index contributed by atoms with van der Waals surface area (Å²) in [5.41, 5.74) is 0.985. The summed E-state index contributed by atoms with van der Waals surface area (Å²) in [4.78, 5) is 16.4. The Kier molecular flexibility index (Phi) is 6.31. The zero-order chi connectivity index (χ0) is 17.5. The smallest absolute Gasteiger partial charge is 0.261 e. The van der Waals surface area contributed by atoms with Crippen molar-refractivity contribution in [2.45, 2.75) is 39.9 Å². The molecule has 24 heavy (non-hydrogen) atoms. The van der Waals surface area contributed by atoms with Gasteiger partial charge in [0.2, 0.25) is 0 Å². The molecule has 0 saturated heterocycles. The first-order chi connectivity index (χ1) is 11.5. The van der Waals surface area contributed by atoms with E-state index in [1.807, 2.05) is 45.0 Å². The number of nitrogens with one attached hydrogen (secondary N) is 1. The number of rotatable bonds is 8. The first-order valence-electron chi connectivity index (χ1n) is 7.93. The van der Waals surface area contributed by atoms with Gasteiger partial charge in [0.25, 0.3) is 11.8 Å². The molecule has 7 nitrogen and oxygen atoms in total. The van der Waals surface area contributed by atoms with Crippen molar-refractivity contribution in [3.63, 3.8) is 0 Å². The highest BCUT2D eigenvalue weighted by Gasteiger charge is 2.24. The van der Waals surface area contributed by atoms with Crippen LogP contribution in [0.2, 0.25) is 0 Å². The number of benzene rings is 1. The molecular weight excluding hydrogens is 310 g/mol. The fraction of sp³-hybridized carbons (Fsp3) is 0.471. The molecular formula is C17H23N3O4. The lowest BCUT2D eigenvalue weighted by Crippen LogP contribution is -2.42. The van der Waals surface area contributed by atoms with Crippen LogP contribution < -0.4 is 10.1 Å². The molecule has 0 radical (unpaired) electrons. The number of amides is 1. The van der Waals surface area contributed by atoms with Crippen LogP contribution in [0.1, 0.15) is 31.1 Å². The Morgan fingerprint density at radius 2 is 2.12 bits per heavy atom. The highest BCUT2D eigenvalue weighted by Crippen LogP contribution is 2.20. The molecule has 0 fully saturated rings. The number of hydrogen-bond donors (Lipinski definition) is 2. The summed E-state index contributed by atoms with van der Waals surface area (Å²) in [6, 6.07) is 7.61. The molecule has 2 rings (SSSR count). The molecule has 1 atom stereocenters. The second kappa shape index (κ2) is 8.44. The summed E-state index contributed by atoms with van der Waals surface area (Å²) in [5.74, 6) is 1.16. The number of aliphatic hydroxyl groups excluding tert-OH is 1. The van der Waals surface area contributed by atoms with E-state index in [0.717, 1.165) is 5.56 Å². The minimum atomic E-state index is -0.579. The molecule has 2 aromatic rings. The molecule has 2 N–H and O–H groups in total. The average Bonchev–Trinajstić information content (AvgIpc) is 3.01. The van der Waals surface area contributed by atoms with Crippen LogP contribution in [0.15, 0.2) is 28.8 Å². The van der Waals surface area contributed by atoms with Crippen LogP contribution >= 0.6 is 0 Å². The van der Waals surface area contributed by atoms with E-state index in [9.17, 15) is 4.79 Å². The number of carbonyl (C=O) groups excluding carboxylic acids is 1. The van der Waals surface area contributed by atoms with Gasteiger partial charge in [-0.15, -0.1) is 0 Å². The summed E-state index contributed by atoms with van der Waals surface area (Å²) in [6.45, 7) is 5.90. The number of carbonyl (C=O) groups is 1. The topological polar surface area (TPSA) is 97.5 Å². The predicted octanol–water partition coefficient (Wildman–Crippen LogP) is 1.63. The van der Waals surface area contributed by atoms with E-state index in [4.69, 9.17) is 14.4 Å². The minimum Gasteiger partial charge on any atom is -0.480 e. The number of para-hydroxylation sites is 1. The van der Waals surface area contributed by atoms with E-state index < -0.39 is 6.10 Å². The fourth-order valence-electron chi connectivity index (χ4n) is 2.17. The molecule has 1 heterocycles. The van der Waals surface area contributed by atoms with Gasteiger partial charge in [-0.2, -0.15) is 4.98 Å². The second-order valence-corrected chi connectivity index (χ2v) is 5.85. The lowest BCUT2D eigenvalue weighted by atomic mass is 10.1. The Balaban J connectivity index is 1.90. The van der Waals surface area contributed by atoms with Gasteiger partial charge in [-0.1, -0.05) is 37.2 Å². The number of aryl methyl sites for hydroxylation is 1. The molecule has 0 saturated carbocycles. The van der Waals surface area contributed by atoms with Gasteiger partial charge in [0.05, 0.1) is 0 Å². The largest absolute Gasteiger partial charge is 0.480 e. The summed E-state index contributed by atoms with van der Waals surface area (Å²) < 4.78 is 10.7. The second-order valence-electron chi connectivity index (χ2n) is 5.85. The van der Waals surface area contributed by atoms with Crippen molar-refractivity contribution in [1.29, 1.82) is 0 Å². The van der Waals surface area contributed by atoms with Crippen LogP contribution in [-0.2, 0) is 17.8 Å². The van der Waals surface area contributed by atoms with Crippen LogP contribution in [0.25, 0.3) is 0 Å². The monoisotopic (exact) mass is 333 g/mol. The van der Waals surface area contributed by atoms with Gasteiger partial charge in [-0.25, -0.2) is 0 Å². The first-order valence-corrected chi connectivity index (χ1v) is 7.93. The number of aromatic nitrogens is 2. The van der Waals surface area contributed by atoms with E-state index in [2.05, 4.69) is 15.5 Å². The van der Waals surface area contributed by atoms with Crippen molar-refractivity contribution in [1.82, 2.24) is 15.5 Å². The zero-order valence-electron chi connectivity index (χ0n) is 14.2. The molecule has 1 amide bonds. The lowest BCUT2D eigenvalue weighted by Gasteiger charge is -2.22. The predicted molar refractivity (Wildman–Crippen MR) is 87.4 cm³/mol. The number of hydrogen-bond acceptors (Lipinski definition) is 6. The molecule has 0 aliphatic rings. The maximum absolute atomic E-state index is 12.4. The SMILES string of the molecule is Cc1ccccc1O[C@H](C(=O)NCCc1noc(CO)n1)C(C)C. The lowest BCUT2D eigenvalue weighted by molar-refractivity contribution is -0.129. The summed E-state index contributed by atoms with van der Waals surface area (Å²) in [7, 11) is 0. The van der Waals surface area contributed by atoms with Gasteiger partial charge in [0.15, 0.2) is 11.9 Å². The van der Waals surface area contributed by atoms with Crippen molar-refractivity contribution in [3.8, 4) is 5.75 Å². The fourth-order valence-corrected chi connectivity index (χ4v) is 2.17. The van der Waals surface area contributed by atoms with Crippen molar-refractivity contribution < 1.29 is 19.2 Å². The summed E-state index contributed by atoms with van der Waals surface area (Å²) in [5, 5.41) is 15.4. The maximum Gasteiger partial charge on any atom is 0.261 e. The molecule has 0 unspecified atom stereocenters. The number of nitrogens with zero attached hydrogens (tertiary/aromatic N) is 2. The Labute approximate surface area is 141 Å². The standard InChI is InChI=1S/C17H23N3O4/c1-11(2)16(23-13-7-5-4-6-12(13)3)17(22)18-9-8-14-19-15(10-21)24-20-14/h4-7,11,16,21H,8-10H2,1-3H3,(H,18,22)/t16-/m0/s1. The molecule has 0 aliphatic heterocycles. The summed E-state index contributed by atoms with van der Waals surface area (Å²) in [6.07, 6.45) is -0.158. The Hall–Kier alpha value is -2.41. The Bertz CT molecular complexity index is 669. The van der Waals surface area contributed by atoms with Crippen LogP contribution in [0.4, 0.5) is 0 Å². The molecule has 130 valence electrons. The summed E-state index contributed by atoms with van der Waals surface area (Å²) >= 11 is 0. The molecule has 1 aromatic carbocycles. The van der Waals surface area contributed by atoms with E-state index in [-0.39, 0.29) is 24.3 Å². The average molecular weight is 333 g/mol. The van der Waals surface area contributed by atoms with E-state index in [0.29, 0.717) is 24.5 Å². The molecule has 7 heteroatoms. The van der Waals surface area contributed by atoms with Gasteiger partial charge in [-0.05, 0) is 24.5 Å². The highest BCUT2D eigenvalue weighted by molar-refractivity contribution is 5.81. The highest BCUT2D eigenvalue weighted by atomic mass is 16.5. The van der Waals surface area contributed by atoms with E-state index in [1.54, 1.807) is 0 Å². The Morgan fingerprint density at radius 3 is 2.75 bits per heavy atom. The molecule has 0 aliphatic carbocycles. The quantitative estimate of drug-likeness (QED) is 0.762. The normalized spacial score (nSPS) is 12.2. The van der Waals surface area contributed by atoms with Gasteiger partial charge >= 0.3 is 0 Å². The number of aliphatic hydroxyl groups is 1. The van der Waals surface area contributed by atoms with Gasteiger partial charge in [0.1, 0.15) is 12.4 Å². The van der Waals surface area contributed by atoms with Crippen molar-refractivity contribution in [2.24, 2.45) is 5.92 Å². The van der Waals surface area contributed by atoms with Crippen molar-refractivity contribution >= 4 is 5.91 Å². The van der Waals surface area contributed by atoms with Crippen LogP contribution in [0, 0.1) is 12.8 Å². The van der Waals surface area contributed by atoms with Crippen LogP contribution in [0.3, 0.4) is 0 Å². The third kappa shape index (κ3) is 4.79. The van der Waals surface area contributed by atoms with E-state index >= 15 is 0 Å². The van der Waals surface area contributed by atoms with Gasteiger partial charge < -0.3 is 19.7 Å². The Morgan fingerprint density at radius 1 is 1.38 bits per heavy atom. The van der Waals surface area contributed by atoms with Gasteiger partial charge in [0, 0.05) is 13.0 Å². The van der Waals surface area contributed by atoms with Crippen LogP contribution in [-0.4, -0.2) is 33.8 Å². The first kappa shape index (κ1) is 17.9. The molecule has 1 aromatic heterocycles. The minimum absolute atomic E-state index is 0.0239. The zero-order valence-corrected chi connectivity index (χ0v) is 14.2. The van der Waals surface area contributed by atoms with Crippen LogP contribution in [0.5, 0.6) is 5.75 Å². The van der Waals surface area contributed by atoms with Gasteiger partial charge in [-0.3, -0.25) is 4.79 Å². The molecule has 0 bridgehead atoms.